The lowest BCUT2D eigenvalue weighted by atomic mass is 9.74. The van der Waals surface area contributed by atoms with Gasteiger partial charge in [0.05, 0.1) is 17.6 Å². The summed E-state index contributed by atoms with van der Waals surface area (Å²) in [7, 11) is 1.97. The van der Waals surface area contributed by atoms with E-state index < -0.39 is 0 Å². The summed E-state index contributed by atoms with van der Waals surface area (Å²) in [5, 5.41) is 7.68. The fourth-order valence-corrected chi connectivity index (χ4v) is 3.26. The maximum atomic E-state index is 4.80. The average molecular weight is 305 g/mol. The van der Waals surface area contributed by atoms with Gasteiger partial charge in [0.15, 0.2) is 0 Å². The fourth-order valence-electron chi connectivity index (χ4n) is 3.26. The summed E-state index contributed by atoms with van der Waals surface area (Å²) in [6, 6.07) is 9.97. The van der Waals surface area contributed by atoms with E-state index in [0.29, 0.717) is 5.95 Å². The number of benzene rings is 1. The van der Waals surface area contributed by atoms with Crippen molar-refractivity contribution in [3.63, 3.8) is 0 Å². The number of hydrogen-bond acceptors (Lipinski definition) is 4. The molecule has 116 valence electrons. The van der Waals surface area contributed by atoms with Crippen LogP contribution in [0.5, 0.6) is 0 Å². The predicted molar refractivity (Wildman–Crippen MR) is 90.7 cm³/mol. The molecule has 1 N–H and O–H groups in total. The van der Waals surface area contributed by atoms with Crippen LogP contribution in [0.4, 0.5) is 11.6 Å². The highest BCUT2D eigenvalue weighted by Gasteiger charge is 2.34. The van der Waals surface area contributed by atoms with Crippen molar-refractivity contribution in [2.75, 3.05) is 5.32 Å². The Morgan fingerprint density at radius 1 is 1.13 bits per heavy atom. The van der Waals surface area contributed by atoms with Crippen molar-refractivity contribution in [2.24, 2.45) is 7.05 Å². The standard InChI is InChI=1S/C18H19N5/c1-18(2)9-12-10-20-23(3)16(12)15-14(18)11-19-17(22-15)21-13-7-5-4-6-8-13/h4-8,10-11H,9H2,1-3H3,(H,19,21,22). The molecular formula is C18H19N5. The first-order valence-electron chi connectivity index (χ1n) is 7.75. The Morgan fingerprint density at radius 3 is 2.70 bits per heavy atom. The van der Waals surface area contributed by atoms with Crippen LogP contribution < -0.4 is 5.32 Å². The van der Waals surface area contributed by atoms with E-state index >= 15 is 0 Å². The van der Waals surface area contributed by atoms with E-state index in [9.17, 15) is 0 Å². The molecule has 0 radical (unpaired) electrons. The van der Waals surface area contributed by atoms with Crippen LogP contribution in [0.25, 0.3) is 11.4 Å². The minimum Gasteiger partial charge on any atom is -0.324 e. The van der Waals surface area contributed by atoms with E-state index in [1.54, 1.807) is 0 Å². The van der Waals surface area contributed by atoms with E-state index in [-0.39, 0.29) is 5.41 Å². The van der Waals surface area contributed by atoms with Crippen molar-refractivity contribution in [1.29, 1.82) is 0 Å². The summed E-state index contributed by atoms with van der Waals surface area (Å²) >= 11 is 0. The molecule has 5 nitrogen and oxygen atoms in total. The second-order valence-corrected chi connectivity index (χ2v) is 6.65. The third-order valence-corrected chi connectivity index (χ3v) is 4.42. The van der Waals surface area contributed by atoms with Gasteiger partial charge in [0.1, 0.15) is 0 Å². The Balaban J connectivity index is 1.82. The number of fused-ring (bicyclic) bond motifs is 3. The Kier molecular flexibility index (Phi) is 2.98. The van der Waals surface area contributed by atoms with E-state index in [0.717, 1.165) is 23.5 Å². The van der Waals surface area contributed by atoms with Gasteiger partial charge in [0.2, 0.25) is 5.95 Å². The summed E-state index contributed by atoms with van der Waals surface area (Å²) in [5.74, 6) is 0.611. The minimum absolute atomic E-state index is 0.0106. The number of aryl methyl sites for hydroxylation is 1. The first kappa shape index (κ1) is 13.9. The Morgan fingerprint density at radius 2 is 1.91 bits per heavy atom. The molecule has 0 aliphatic heterocycles. The average Bonchev–Trinajstić information content (AvgIpc) is 2.88. The summed E-state index contributed by atoms with van der Waals surface area (Å²) in [4.78, 5) is 9.31. The number of nitrogens with one attached hydrogen (secondary N) is 1. The van der Waals surface area contributed by atoms with Gasteiger partial charge in [-0.15, -0.1) is 0 Å². The lowest BCUT2D eigenvalue weighted by Gasteiger charge is -2.31. The van der Waals surface area contributed by atoms with Crippen molar-refractivity contribution in [3.8, 4) is 11.4 Å². The normalized spacial score (nSPS) is 14.9. The zero-order valence-corrected chi connectivity index (χ0v) is 13.5. The van der Waals surface area contributed by atoms with Gasteiger partial charge < -0.3 is 5.32 Å². The van der Waals surface area contributed by atoms with Crippen molar-refractivity contribution >= 4 is 11.6 Å². The number of para-hydroxylation sites is 1. The Hall–Kier alpha value is -2.69. The molecular weight excluding hydrogens is 286 g/mol. The first-order valence-corrected chi connectivity index (χ1v) is 7.75. The van der Waals surface area contributed by atoms with Gasteiger partial charge in [0, 0.05) is 30.1 Å². The maximum Gasteiger partial charge on any atom is 0.227 e. The monoisotopic (exact) mass is 305 g/mol. The molecule has 0 spiro atoms. The predicted octanol–water partition coefficient (Wildman–Crippen LogP) is 3.45. The van der Waals surface area contributed by atoms with Gasteiger partial charge in [-0.1, -0.05) is 32.0 Å². The molecule has 0 atom stereocenters. The largest absolute Gasteiger partial charge is 0.324 e. The van der Waals surface area contributed by atoms with Gasteiger partial charge in [0.25, 0.3) is 0 Å². The van der Waals surface area contributed by atoms with Crippen molar-refractivity contribution in [2.45, 2.75) is 25.7 Å². The van der Waals surface area contributed by atoms with Crippen LogP contribution in [0.15, 0.2) is 42.7 Å². The number of rotatable bonds is 2. The highest BCUT2D eigenvalue weighted by molar-refractivity contribution is 5.69. The Bertz CT molecular complexity index is 864. The summed E-state index contributed by atoms with van der Waals surface area (Å²) in [6.07, 6.45) is 4.86. The van der Waals surface area contributed by atoms with Gasteiger partial charge in [-0.2, -0.15) is 5.10 Å². The van der Waals surface area contributed by atoms with E-state index in [1.807, 2.05) is 54.5 Å². The molecule has 1 aliphatic carbocycles. The molecule has 0 amide bonds. The molecule has 0 saturated heterocycles. The van der Waals surface area contributed by atoms with Crippen LogP contribution >= 0.6 is 0 Å². The van der Waals surface area contributed by atoms with Gasteiger partial charge in [-0.25, -0.2) is 9.97 Å². The Labute approximate surface area is 135 Å². The smallest absolute Gasteiger partial charge is 0.227 e. The minimum atomic E-state index is 0.0106. The van der Waals surface area contributed by atoms with Gasteiger partial charge in [-0.05, 0) is 24.0 Å². The lowest BCUT2D eigenvalue weighted by Crippen LogP contribution is -2.27. The van der Waals surface area contributed by atoms with Crippen molar-refractivity contribution in [3.05, 3.63) is 53.9 Å². The van der Waals surface area contributed by atoms with E-state index in [1.165, 1.54) is 11.1 Å². The third kappa shape index (κ3) is 2.29. The zero-order valence-electron chi connectivity index (χ0n) is 13.5. The lowest BCUT2D eigenvalue weighted by molar-refractivity contribution is 0.511. The molecule has 0 unspecified atom stereocenters. The SMILES string of the molecule is Cn1ncc2c1-c1nc(Nc3ccccc3)ncc1C(C)(C)C2. The van der Waals surface area contributed by atoms with Crippen LogP contribution in [-0.2, 0) is 18.9 Å². The van der Waals surface area contributed by atoms with Crippen LogP contribution in [0.1, 0.15) is 25.0 Å². The number of hydrogen-bond donors (Lipinski definition) is 1. The first-order chi connectivity index (χ1) is 11.0. The summed E-state index contributed by atoms with van der Waals surface area (Å²) < 4.78 is 1.91. The third-order valence-electron chi connectivity index (χ3n) is 4.42. The van der Waals surface area contributed by atoms with E-state index in [4.69, 9.17) is 4.98 Å². The van der Waals surface area contributed by atoms with Gasteiger partial charge >= 0.3 is 0 Å². The molecule has 2 aromatic heterocycles. The number of aromatic nitrogens is 4. The van der Waals surface area contributed by atoms with E-state index in [2.05, 4.69) is 29.2 Å². The molecule has 3 aromatic rings. The molecule has 2 heterocycles. The molecule has 4 rings (SSSR count). The highest BCUT2D eigenvalue weighted by atomic mass is 15.3. The maximum absolute atomic E-state index is 4.80. The second kappa shape index (κ2) is 4.91. The number of anilines is 2. The molecule has 23 heavy (non-hydrogen) atoms. The molecule has 0 fully saturated rings. The molecule has 0 bridgehead atoms. The van der Waals surface area contributed by atoms with Crippen LogP contribution in [-0.4, -0.2) is 19.7 Å². The molecule has 0 saturated carbocycles. The number of nitrogens with zero attached hydrogens (tertiary/aromatic N) is 4. The van der Waals surface area contributed by atoms with Crippen LogP contribution in [0, 0.1) is 0 Å². The van der Waals surface area contributed by atoms with Crippen LogP contribution in [0.3, 0.4) is 0 Å². The van der Waals surface area contributed by atoms with Crippen LogP contribution in [0.2, 0.25) is 0 Å². The van der Waals surface area contributed by atoms with Crippen molar-refractivity contribution in [1.82, 2.24) is 19.7 Å². The summed E-state index contributed by atoms with van der Waals surface area (Å²) in [5.41, 5.74) is 5.48. The molecule has 1 aliphatic rings. The topological polar surface area (TPSA) is 55.6 Å². The van der Waals surface area contributed by atoms with Gasteiger partial charge in [-0.3, -0.25) is 4.68 Å². The fraction of sp³-hybridized carbons (Fsp3) is 0.278. The molecule has 5 heteroatoms. The second-order valence-electron chi connectivity index (χ2n) is 6.65. The highest BCUT2D eigenvalue weighted by Crippen LogP contribution is 2.41. The quantitative estimate of drug-likeness (QED) is 0.788. The van der Waals surface area contributed by atoms with Crippen molar-refractivity contribution < 1.29 is 0 Å². The molecule has 1 aromatic carbocycles. The zero-order chi connectivity index (χ0) is 16.0. The summed E-state index contributed by atoms with van der Waals surface area (Å²) in [6.45, 7) is 4.46.